The van der Waals surface area contributed by atoms with Crippen LogP contribution in [-0.4, -0.2) is 108 Å². The fraction of sp³-hybridized carbons (Fsp3) is 0.857. The number of hydrogen-bond donors (Lipinski definition) is 1. The smallest absolute Gasteiger partial charge is 0.330 e. The summed E-state index contributed by atoms with van der Waals surface area (Å²) in [4.78, 5) is 41.8. The van der Waals surface area contributed by atoms with Crippen molar-refractivity contribution in [3.8, 4) is 0 Å². The van der Waals surface area contributed by atoms with Crippen LogP contribution in [0.1, 0.15) is 0 Å². The Bertz CT molecular complexity index is 582. The Hall–Kier alpha value is -0.401. The van der Waals surface area contributed by atoms with E-state index in [0.29, 0.717) is 22.1 Å². The van der Waals surface area contributed by atoms with Crippen molar-refractivity contribution in [2.75, 3.05) is 81.8 Å². The maximum atomic E-state index is 10.9. The van der Waals surface area contributed by atoms with Crippen LogP contribution in [0.3, 0.4) is 0 Å². The largest absolute Gasteiger partial charge is 0.756 e. The van der Waals surface area contributed by atoms with Gasteiger partial charge < -0.3 is 51.9 Å². The maximum absolute atomic E-state index is 10.9. The van der Waals surface area contributed by atoms with Crippen molar-refractivity contribution in [1.82, 2.24) is 0 Å². The minimum absolute atomic E-state index is 0. The molecule has 0 aliphatic heterocycles. The third-order valence-corrected chi connectivity index (χ3v) is 4.60. The van der Waals surface area contributed by atoms with Gasteiger partial charge in [0.2, 0.25) is 0 Å². The summed E-state index contributed by atoms with van der Waals surface area (Å²) in [5, 5.41) is 18.1. The van der Waals surface area contributed by atoms with Gasteiger partial charge >= 0.3 is 5.97 Å². The number of phosphoric ester groups is 2. The molecule has 0 rings (SSSR count). The van der Waals surface area contributed by atoms with Crippen LogP contribution in [0.4, 0.5) is 0 Å². The molecule has 2 atom stereocenters. The van der Waals surface area contributed by atoms with Gasteiger partial charge in [0.25, 0.3) is 15.6 Å². The van der Waals surface area contributed by atoms with Crippen molar-refractivity contribution >= 4 is 27.6 Å². The molecule has 0 amide bonds. The minimum Gasteiger partial charge on any atom is -0.756 e. The first kappa shape index (κ1) is 35.2. The van der Waals surface area contributed by atoms with E-state index in [9.17, 15) is 33.6 Å². The van der Waals surface area contributed by atoms with E-state index in [1.807, 2.05) is 42.3 Å². The van der Waals surface area contributed by atoms with Gasteiger partial charge in [0, 0.05) is 17.1 Å². The van der Waals surface area contributed by atoms with Gasteiger partial charge in [-0.1, -0.05) is 0 Å². The Balaban J connectivity index is -0.000000490. The summed E-state index contributed by atoms with van der Waals surface area (Å²) < 4.78 is 39.9. The first-order valence-corrected chi connectivity index (χ1v) is 11.4. The van der Waals surface area contributed by atoms with E-state index < -0.39 is 40.8 Å². The number of aliphatic carboxylic acids is 2. The molecule has 0 heterocycles. The van der Waals surface area contributed by atoms with Crippen LogP contribution < -0.4 is 14.9 Å². The van der Waals surface area contributed by atoms with Crippen LogP contribution in [0, 0.1) is 0 Å². The van der Waals surface area contributed by atoms with Gasteiger partial charge in [0.1, 0.15) is 26.3 Å². The number of phosphoric acid groups is 2. The third-order valence-electron chi connectivity index (χ3n) is 2.71. The van der Waals surface area contributed by atoms with Gasteiger partial charge in [-0.25, -0.2) is 4.79 Å². The maximum Gasteiger partial charge on any atom is 0.330 e. The van der Waals surface area contributed by atoms with Crippen molar-refractivity contribution < 1.29 is 82.8 Å². The summed E-state index contributed by atoms with van der Waals surface area (Å²) in [5.74, 6) is -2.97. The topological polar surface area (TPSA) is 195 Å². The quantitative estimate of drug-likeness (QED) is 0.137. The third kappa shape index (κ3) is 29.6. The van der Waals surface area contributed by atoms with Crippen molar-refractivity contribution in [1.29, 1.82) is 0 Å². The second kappa shape index (κ2) is 15.4. The molecule has 0 aromatic carbocycles. The van der Waals surface area contributed by atoms with E-state index in [1.54, 1.807) is 0 Å². The molecule has 0 fully saturated rings. The van der Waals surface area contributed by atoms with Gasteiger partial charge in [-0.05, 0) is 0 Å². The summed E-state index contributed by atoms with van der Waals surface area (Å²) in [6.07, 6.45) is 0. The van der Waals surface area contributed by atoms with Crippen LogP contribution in [0.5, 0.6) is 0 Å². The fourth-order valence-corrected chi connectivity index (χ4v) is 2.49. The second-order valence-electron chi connectivity index (χ2n) is 7.90. The van der Waals surface area contributed by atoms with Crippen molar-refractivity contribution in [2.45, 2.75) is 0 Å². The summed E-state index contributed by atoms with van der Waals surface area (Å²) in [5.41, 5.74) is 0. The van der Waals surface area contributed by atoms with E-state index in [2.05, 4.69) is 18.1 Å². The Kier molecular flexibility index (Phi) is 17.5. The molecule has 0 spiro atoms. The number of carboxylic acid groups (broad SMARTS) is 2. The first-order valence-electron chi connectivity index (χ1n) is 8.47. The van der Waals surface area contributed by atoms with Crippen molar-refractivity contribution in [2.24, 2.45) is 0 Å². The molecule has 0 aliphatic rings. The molecule has 14 nitrogen and oxygen atoms in total. The number of rotatable bonds is 14. The molecular weight excluding hydrogens is 505 g/mol. The predicted molar refractivity (Wildman–Crippen MR) is 97.5 cm³/mol. The Morgan fingerprint density at radius 3 is 1.35 bits per heavy atom. The van der Waals surface area contributed by atoms with Crippen LogP contribution in [-0.2, 0) is 53.9 Å². The van der Waals surface area contributed by atoms with Gasteiger partial charge in [0.05, 0.1) is 54.9 Å². The number of carbonyl (C=O) groups excluding carboxylic acids is 1. The van der Waals surface area contributed by atoms with E-state index in [1.165, 1.54) is 0 Å². The molecule has 31 heavy (non-hydrogen) atoms. The van der Waals surface area contributed by atoms with E-state index in [0.717, 1.165) is 0 Å². The molecule has 187 valence electrons. The van der Waals surface area contributed by atoms with Crippen molar-refractivity contribution in [3.63, 3.8) is 0 Å². The number of carboxylic acids is 2. The monoisotopic (exact) mass is 536 g/mol. The van der Waals surface area contributed by atoms with E-state index >= 15 is 0 Å². The summed E-state index contributed by atoms with van der Waals surface area (Å²) >= 11 is 0. The van der Waals surface area contributed by atoms with Gasteiger partial charge in [-0.2, -0.15) is 0 Å². The summed E-state index contributed by atoms with van der Waals surface area (Å²) in [6.45, 7) is -1.10. The molecular formula is C14H31MnN2O12P2-. The Morgan fingerprint density at radius 2 is 1.10 bits per heavy atom. The minimum atomic E-state index is -4.51. The van der Waals surface area contributed by atoms with Crippen LogP contribution in [0.25, 0.3) is 0 Å². The SMILES string of the molecule is C[N+](C)(C)CCOP(=O)([O-])OCC(=O)O.C[N+](C)(C)CCOP(=O)([O-])OCC(=O)[O-].[Mn]. The Labute approximate surface area is 192 Å². The zero-order valence-corrected chi connectivity index (χ0v) is 21.3. The normalized spacial score (nSPS) is 15.5. The molecule has 0 bridgehead atoms. The number of carbonyl (C=O) groups is 2. The number of likely N-dealkylation sites (N-methyl/N-ethyl adjacent to an activating group) is 2. The number of quaternary nitrogens is 2. The van der Waals surface area contributed by atoms with Gasteiger partial charge in [-0.3, -0.25) is 9.13 Å². The number of hydrogen-bond acceptors (Lipinski definition) is 11. The second-order valence-corrected chi connectivity index (χ2v) is 10.7. The molecule has 0 aromatic rings. The number of nitrogens with zero attached hydrogens (tertiary/aromatic N) is 2. The van der Waals surface area contributed by atoms with E-state index in [-0.39, 0.29) is 30.3 Å². The van der Waals surface area contributed by atoms with Crippen LogP contribution >= 0.6 is 15.6 Å². The molecule has 2 unspecified atom stereocenters. The molecule has 0 saturated carbocycles. The molecule has 1 radical (unpaired) electrons. The zero-order valence-electron chi connectivity index (χ0n) is 18.3. The average molecular weight is 536 g/mol. The van der Waals surface area contributed by atoms with Gasteiger partial charge in [0.15, 0.2) is 6.61 Å². The van der Waals surface area contributed by atoms with E-state index in [4.69, 9.17) is 5.11 Å². The fourth-order valence-electron chi connectivity index (χ4n) is 1.19. The first-order chi connectivity index (χ1) is 13.2. The molecule has 0 saturated heterocycles. The standard InChI is InChI=1S/2C7H16NO6P.Mn/c2*1-8(2,3)4-5-13-15(11,12)14-6-7(9)10;/h2*4-6H2,1-3H3,(H-,9,10,11,12);/p-1. The predicted octanol–water partition coefficient (Wildman–Crippen LogP) is -2.78. The molecule has 0 aromatic heterocycles. The summed E-state index contributed by atoms with van der Waals surface area (Å²) in [6, 6.07) is 0. The van der Waals surface area contributed by atoms with Crippen LogP contribution in [0.15, 0.2) is 0 Å². The zero-order chi connectivity index (χ0) is 24.2. The van der Waals surface area contributed by atoms with Crippen molar-refractivity contribution in [3.05, 3.63) is 0 Å². The van der Waals surface area contributed by atoms with Gasteiger partial charge in [-0.15, -0.1) is 0 Å². The molecule has 1 N–H and O–H groups in total. The molecule has 17 heteroatoms. The average Bonchev–Trinajstić information content (AvgIpc) is 2.49. The Morgan fingerprint density at radius 1 is 0.774 bits per heavy atom. The summed E-state index contributed by atoms with van der Waals surface area (Å²) in [7, 11) is 2.22. The van der Waals surface area contributed by atoms with Crippen LogP contribution in [0.2, 0.25) is 0 Å². The molecule has 0 aliphatic carbocycles.